The van der Waals surface area contributed by atoms with Crippen molar-refractivity contribution in [3.8, 4) is 11.5 Å². The van der Waals surface area contributed by atoms with Gasteiger partial charge in [0.15, 0.2) is 0 Å². The molecular formula is C23H23ClFN3O3. The summed E-state index contributed by atoms with van der Waals surface area (Å²) in [5.74, 6) is 0.485. The maximum Gasteiger partial charge on any atom is 0.328 e. The Bertz CT molecular complexity index is 1190. The highest BCUT2D eigenvalue weighted by atomic mass is 35.5. The number of aromatic amines is 1. The number of ether oxygens (including phenoxy) is 1. The number of halogens is 2. The van der Waals surface area contributed by atoms with Crippen molar-refractivity contribution in [2.45, 2.75) is 32.4 Å². The molecule has 162 valence electrons. The molecule has 6 nitrogen and oxygen atoms in total. The van der Waals surface area contributed by atoms with Gasteiger partial charge in [0.1, 0.15) is 17.3 Å². The summed E-state index contributed by atoms with van der Waals surface area (Å²) in [6.07, 6.45) is 3.48. The minimum Gasteiger partial charge on any atom is -0.457 e. The van der Waals surface area contributed by atoms with Crippen molar-refractivity contribution in [1.82, 2.24) is 14.5 Å². The number of benzene rings is 2. The van der Waals surface area contributed by atoms with E-state index in [2.05, 4.69) is 9.88 Å². The molecule has 0 amide bonds. The number of piperidine rings is 1. The lowest BCUT2D eigenvalue weighted by Crippen LogP contribution is -2.41. The Labute approximate surface area is 183 Å². The van der Waals surface area contributed by atoms with E-state index in [9.17, 15) is 14.0 Å². The van der Waals surface area contributed by atoms with Gasteiger partial charge in [0.05, 0.1) is 6.04 Å². The summed E-state index contributed by atoms with van der Waals surface area (Å²) in [5, 5.41) is 0.276. The molecule has 31 heavy (non-hydrogen) atoms. The van der Waals surface area contributed by atoms with Crippen molar-refractivity contribution in [1.29, 1.82) is 0 Å². The molecule has 1 aromatic heterocycles. The van der Waals surface area contributed by atoms with Crippen LogP contribution in [-0.2, 0) is 6.54 Å². The maximum atomic E-state index is 13.6. The molecule has 1 aliphatic heterocycles. The molecule has 1 atom stereocenters. The average Bonchev–Trinajstić information content (AvgIpc) is 2.70. The van der Waals surface area contributed by atoms with Gasteiger partial charge in [0.25, 0.3) is 5.56 Å². The fourth-order valence-corrected chi connectivity index (χ4v) is 4.16. The summed E-state index contributed by atoms with van der Waals surface area (Å²) < 4.78 is 21.0. The van der Waals surface area contributed by atoms with Gasteiger partial charge in [0.2, 0.25) is 0 Å². The Balaban J connectivity index is 1.47. The number of likely N-dealkylation sites (tertiary alicyclic amines) is 1. The zero-order valence-electron chi connectivity index (χ0n) is 17.1. The summed E-state index contributed by atoms with van der Waals surface area (Å²) in [7, 11) is 0. The van der Waals surface area contributed by atoms with Crippen molar-refractivity contribution in [3.63, 3.8) is 0 Å². The predicted molar refractivity (Wildman–Crippen MR) is 118 cm³/mol. The Morgan fingerprint density at radius 1 is 1.19 bits per heavy atom. The number of aromatic nitrogens is 2. The zero-order chi connectivity index (χ0) is 22.0. The highest BCUT2D eigenvalue weighted by Gasteiger charge is 2.22. The van der Waals surface area contributed by atoms with Crippen LogP contribution in [0, 0.1) is 12.7 Å². The van der Waals surface area contributed by atoms with Gasteiger partial charge in [-0.25, -0.2) is 9.18 Å². The van der Waals surface area contributed by atoms with E-state index in [1.807, 2.05) is 24.3 Å². The summed E-state index contributed by atoms with van der Waals surface area (Å²) in [4.78, 5) is 28.6. The summed E-state index contributed by atoms with van der Waals surface area (Å²) in [6, 6.07) is 11.7. The normalized spacial score (nSPS) is 16.9. The van der Waals surface area contributed by atoms with Crippen LogP contribution in [0.15, 0.2) is 58.3 Å². The third-order valence-electron chi connectivity index (χ3n) is 5.40. The second-order valence-electron chi connectivity index (χ2n) is 7.86. The van der Waals surface area contributed by atoms with E-state index >= 15 is 0 Å². The summed E-state index contributed by atoms with van der Waals surface area (Å²) >= 11 is 5.90. The van der Waals surface area contributed by atoms with E-state index in [1.54, 1.807) is 23.8 Å². The van der Waals surface area contributed by atoms with E-state index < -0.39 is 5.82 Å². The molecule has 8 heteroatoms. The molecule has 1 fully saturated rings. The van der Waals surface area contributed by atoms with Gasteiger partial charge in [0, 0.05) is 35.9 Å². The molecule has 2 heterocycles. The quantitative estimate of drug-likeness (QED) is 0.639. The van der Waals surface area contributed by atoms with Crippen LogP contribution in [0.1, 0.15) is 30.0 Å². The number of hydrogen-bond donors (Lipinski definition) is 1. The van der Waals surface area contributed by atoms with Crippen molar-refractivity contribution in [3.05, 3.63) is 91.5 Å². The molecule has 0 bridgehead atoms. The molecule has 0 radical (unpaired) electrons. The molecule has 4 rings (SSSR count). The second-order valence-corrected chi connectivity index (χ2v) is 8.30. The first-order valence-electron chi connectivity index (χ1n) is 10.1. The molecule has 3 aromatic rings. The minimum absolute atomic E-state index is 0.00525. The largest absolute Gasteiger partial charge is 0.457 e. The molecule has 0 aliphatic carbocycles. The third-order valence-corrected chi connectivity index (χ3v) is 5.61. The average molecular weight is 444 g/mol. The van der Waals surface area contributed by atoms with Crippen LogP contribution in [0.3, 0.4) is 0 Å². The van der Waals surface area contributed by atoms with E-state index in [0.717, 1.165) is 24.9 Å². The lowest BCUT2D eigenvalue weighted by Gasteiger charge is -2.33. The van der Waals surface area contributed by atoms with E-state index in [0.29, 0.717) is 30.2 Å². The van der Waals surface area contributed by atoms with Crippen LogP contribution in [0.5, 0.6) is 11.5 Å². The van der Waals surface area contributed by atoms with Crippen LogP contribution in [-0.4, -0.2) is 27.5 Å². The van der Waals surface area contributed by atoms with E-state index in [-0.39, 0.29) is 22.3 Å². The van der Waals surface area contributed by atoms with Gasteiger partial charge in [-0.15, -0.1) is 0 Å². The predicted octanol–water partition coefficient (Wildman–Crippen LogP) is 4.27. The summed E-state index contributed by atoms with van der Waals surface area (Å²) in [5.41, 5.74) is 0.863. The number of hydrogen-bond acceptors (Lipinski definition) is 4. The summed E-state index contributed by atoms with van der Waals surface area (Å²) in [6.45, 7) is 4.01. The van der Waals surface area contributed by atoms with Gasteiger partial charge < -0.3 is 4.74 Å². The smallest absolute Gasteiger partial charge is 0.328 e. The maximum absolute atomic E-state index is 13.6. The SMILES string of the molecule is Cc1cn([C@H]2CCCN(Cc3cccc(Oc4cc(F)cc(Cl)c4)c3)C2)c(=O)[nH]c1=O. The molecular weight excluding hydrogens is 421 g/mol. The molecule has 0 saturated carbocycles. The van der Waals surface area contributed by atoms with Crippen molar-refractivity contribution >= 4 is 11.6 Å². The monoisotopic (exact) mass is 443 g/mol. The first kappa shape index (κ1) is 21.3. The first-order chi connectivity index (χ1) is 14.9. The molecule has 2 aromatic carbocycles. The number of nitrogens with one attached hydrogen (secondary N) is 1. The fourth-order valence-electron chi connectivity index (χ4n) is 3.95. The van der Waals surface area contributed by atoms with Gasteiger partial charge in [-0.05, 0) is 56.1 Å². The molecule has 0 spiro atoms. The lowest BCUT2D eigenvalue weighted by atomic mass is 10.0. The van der Waals surface area contributed by atoms with Crippen molar-refractivity contribution in [2.75, 3.05) is 13.1 Å². The van der Waals surface area contributed by atoms with Gasteiger partial charge in [-0.3, -0.25) is 19.2 Å². The van der Waals surface area contributed by atoms with Gasteiger partial charge >= 0.3 is 5.69 Å². The van der Waals surface area contributed by atoms with Crippen LogP contribution in [0.25, 0.3) is 0 Å². The third kappa shape index (κ3) is 5.24. The Hall–Kier alpha value is -2.90. The Morgan fingerprint density at radius 3 is 2.84 bits per heavy atom. The standard InChI is InChI=1S/C23H23ClFN3O3/c1-15-12-28(23(30)26-22(15)29)19-5-3-7-27(14-19)13-16-4-2-6-20(8-16)31-21-10-17(24)9-18(25)11-21/h2,4,6,8-12,19H,3,5,7,13-14H2,1H3,(H,26,29,30)/t19-/m0/s1. The molecule has 1 saturated heterocycles. The van der Waals surface area contributed by atoms with Gasteiger partial charge in [-0.2, -0.15) is 0 Å². The highest BCUT2D eigenvalue weighted by Crippen LogP contribution is 2.27. The topological polar surface area (TPSA) is 67.3 Å². The minimum atomic E-state index is -0.453. The van der Waals surface area contributed by atoms with Crippen LogP contribution >= 0.6 is 11.6 Å². The van der Waals surface area contributed by atoms with E-state index in [4.69, 9.17) is 16.3 Å². The Morgan fingerprint density at radius 2 is 2.03 bits per heavy atom. The number of aryl methyl sites for hydroxylation is 1. The molecule has 1 aliphatic rings. The number of nitrogens with zero attached hydrogens (tertiary/aromatic N) is 2. The zero-order valence-corrected chi connectivity index (χ0v) is 17.9. The van der Waals surface area contributed by atoms with Crippen molar-refractivity contribution in [2.24, 2.45) is 0 Å². The fraction of sp³-hybridized carbons (Fsp3) is 0.304. The Kier molecular flexibility index (Phi) is 6.25. The highest BCUT2D eigenvalue weighted by molar-refractivity contribution is 6.30. The first-order valence-corrected chi connectivity index (χ1v) is 10.5. The number of rotatable bonds is 5. The van der Waals surface area contributed by atoms with Crippen molar-refractivity contribution < 1.29 is 9.13 Å². The number of H-pyrrole nitrogens is 1. The van der Waals surface area contributed by atoms with Crippen LogP contribution < -0.4 is 16.0 Å². The van der Waals surface area contributed by atoms with E-state index in [1.165, 1.54) is 12.1 Å². The second kappa shape index (κ2) is 9.08. The van der Waals surface area contributed by atoms with Gasteiger partial charge in [-0.1, -0.05) is 23.7 Å². The molecule has 0 unspecified atom stereocenters. The van der Waals surface area contributed by atoms with Crippen LogP contribution in [0.4, 0.5) is 4.39 Å². The lowest BCUT2D eigenvalue weighted by molar-refractivity contribution is 0.167. The molecule has 1 N–H and O–H groups in total. The van der Waals surface area contributed by atoms with Crippen LogP contribution in [0.2, 0.25) is 5.02 Å².